The van der Waals surface area contributed by atoms with Gasteiger partial charge in [0.05, 0.1) is 12.0 Å². The topological polar surface area (TPSA) is 74.6 Å². The summed E-state index contributed by atoms with van der Waals surface area (Å²) < 4.78 is 0.868. The van der Waals surface area contributed by atoms with Crippen LogP contribution in [0.5, 0.6) is 0 Å². The molecular formula is C15H11IO4S. The summed E-state index contributed by atoms with van der Waals surface area (Å²) in [6, 6.07) is 12.3. The van der Waals surface area contributed by atoms with Crippen molar-refractivity contribution in [2.75, 3.05) is 0 Å². The van der Waals surface area contributed by atoms with Crippen molar-refractivity contribution >= 4 is 46.3 Å². The van der Waals surface area contributed by atoms with Crippen molar-refractivity contribution in [3.63, 3.8) is 0 Å². The lowest BCUT2D eigenvalue weighted by Crippen LogP contribution is -1.99. The van der Waals surface area contributed by atoms with E-state index in [1.165, 1.54) is 11.8 Å². The lowest BCUT2D eigenvalue weighted by atomic mass is 10.2. The molecule has 108 valence electrons. The minimum Gasteiger partial charge on any atom is -0.481 e. The maximum atomic E-state index is 10.9. The van der Waals surface area contributed by atoms with Crippen LogP contribution in [0.3, 0.4) is 0 Å². The smallest absolute Gasteiger partial charge is 0.335 e. The van der Waals surface area contributed by atoms with Gasteiger partial charge in [-0.3, -0.25) is 4.79 Å². The largest absolute Gasteiger partial charge is 0.481 e. The van der Waals surface area contributed by atoms with Crippen molar-refractivity contribution in [1.29, 1.82) is 0 Å². The van der Waals surface area contributed by atoms with E-state index in [0.717, 1.165) is 18.9 Å². The Bertz CT molecular complexity index is 683. The van der Waals surface area contributed by atoms with E-state index in [1.54, 1.807) is 30.3 Å². The fraction of sp³-hybridized carbons (Fsp3) is 0.0667. The first-order chi connectivity index (χ1) is 9.95. The predicted octanol–water partition coefficient (Wildman–Crippen LogP) is 3.77. The fourth-order valence-electron chi connectivity index (χ4n) is 1.69. The monoisotopic (exact) mass is 414 g/mol. The molecule has 0 aromatic heterocycles. The summed E-state index contributed by atoms with van der Waals surface area (Å²) in [5, 5.41) is 17.7. The molecule has 0 bridgehead atoms. The first-order valence-electron chi connectivity index (χ1n) is 5.97. The molecular weight excluding hydrogens is 403 g/mol. The molecule has 0 radical (unpaired) electrons. The molecule has 0 unspecified atom stereocenters. The number of carboxylic acids is 2. The van der Waals surface area contributed by atoms with Crippen LogP contribution in [0, 0.1) is 3.57 Å². The third-order valence-electron chi connectivity index (χ3n) is 2.69. The highest BCUT2D eigenvalue weighted by Gasteiger charge is 2.08. The highest BCUT2D eigenvalue weighted by molar-refractivity contribution is 14.1. The van der Waals surface area contributed by atoms with E-state index in [2.05, 4.69) is 22.6 Å². The van der Waals surface area contributed by atoms with Crippen LogP contribution in [0.1, 0.15) is 15.9 Å². The number of hydrogen-bond donors (Lipinski definition) is 2. The van der Waals surface area contributed by atoms with Crippen molar-refractivity contribution in [1.82, 2.24) is 0 Å². The standard InChI is InChI=1S/C15H11IO4S/c16-12-8-10(15(19)20)3-6-13(12)21-11-4-1-9(2-5-11)7-14(17)18/h1-6,8H,7H2,(H,17,18)(H,19,20). The average Bonchev–Trinajstić information content (AvgIpc) is 2.42. The highest BCUT2D eigenvalue weighted by atomic mass is 127. The van der Waals surface area contributed by atoms with Crippen molar-refractivity contribution < 1.29 is 19.8 Å². The molecule has 4 nitrogen and oxygen atoms in total. The van der Waals surface area contributed by atoms with Gasteiger partial charge in [-0.25, -0.2) is 4.79 Å². The molecule has 2 aromatic rings. The number of aromatic carboxylic acids is 1. The molecule has 2 rings (SSSR count). The van der Waals surface area contributed by atoms with Crippen molar-refractivity contribution in [2.24, 2.45) is 0 Å². The summed E-state index contributed by atoms with van der Waals surface area (Å²) in [7, 11) is 0. The first-order valence-corrected chi connectivity index (χ1v) is 7.86. The second-order valence-electron chi connectivity index (χ2n) is 4.27. The Morgan fingerprint density at radius 2 is 1.71 bits per heavy atom. The highest BCUT2D eigenvalue weighted by Crippen LogP contribution is 2.32. The third-order valence-corrected chi connectivity index (χ3v) is 5.03. The van der Waals surface area contributed by atoms with Gasteiger partial charge in [-0.05, 0) is 58.5 Å². The maximum absolute atomic E-state index is 10.9. The zero-order chi connectivity index (χ0) is 15.4. The summed E-state index contributed by atoms with van der Waals surface area (Å²) in [4.78, 5) is 23.5. The van der Waals surface area contributed by atoms with E-state index in [0.29, 0.717) is 0 Å². The van der Waals surface area contributed by atoms with Crippen LogP contribution < -0.4 is 0 Å². The van der Waals surface area contributed by atoms with Crippen molar-refractivity contribution in [2.45, 2.75) is 16.2 Å². The van der Waals surface area contributed by atoms with Crippen LogP contribution in [-0.2, 0) is 11.2 Å². The van der Waals surface area contributed by atoms with Gasteiger partial charge in [0, 0.05) is 13.4 Å². The molecule has 0 spiro atoms. The van der Waals surface area contributed by atoms with Gasteiger partial charge in [0.15, 0.2) is 0 Å². The van der Waals surface area contributed by atoms with Gasteiger partial charge in [-0.15, -0.1) is 0 Å². The Hall–Kier alpha value is -1.54. The molecule has 0 saturated carbocycles. The van der Waals surface area contributed by atoms with Gasteiger partial charge in [0.2, 0.25) is 0 Å². The summed E-state index contributed by atoms with van der Waals surface area (Å²) >= 11 is 3.62. The van der Waals surface area contributed by atoms with Gasteiger partial charge in [-0.1, -0.05) is 23.9 Å². The second-order valence-corrected chi connectivity index (χ2v) is 6.54. The third kappa shape index (κ3) is 4.47. The van der Waals surface area contributed by atoms with Crippen LogP contribution >= 0.6 is 34.4 Å². The first kappa shape index (κ1) is 15.8. The lowest BCUT2D eigenvalue weighted by molar-refractivity contribution is -0.136. The van der Waals surface area contributed by atoms with E-state index < -0.39 is 11.9 Å². The van der Waals surface area contributed by atoms with Gasteiger partial charge >= 0.3 is 11.9 Å². The summed E-state index contributed by atoms with van der Waals surface area (Å²) in [6.45, 7) is 0. The van der Waals surface area contributed by atoms with Crippen LogP contribution in [0.15, 0.2) is 52.3 Å². The Morgan fingerprint density at radius 1 is 1.05 bits per heavy atom. The molecule has 2 N–H and O–H groups in total. The molecule has 0 aliphatic rings. The minimum atomic E-state index is -0.942. The molecule has 0 amide bonds. The summed E-state index contributed by atoms with van der Waals surface area (Å²) in [6.07, 6.45) is 0.00971. The number of carbonyl (C=O) groups is 2. The Morgan fingerprint density at radius 3 is 2.24 bits per heavy atom. The zero-order valence-corrected chi connectivity index (χ0v) is 13.7. The van der Waals surface area contributed by atoms with Gasteiger partial charge in [-0.2, -0.15) is 0 Å². The van der Waals surface area contributed by atoms with Crippen LogP contribution in [0.4, 0.5) is 0 Å². The van der Waals surface area contributed by atoms with Gasteiger partial charge in [0.1, 0.15) is 0 Å². The fourth-order valence-corrected chi connectivity index (χ4v) is 3.36. The molecule has 6 heteroatoms. The van der Waals surface area contributed by atoms with Crippen LogP contribution in [0.25, 0.3) is 0 Å². The van der Waals surface area contributed by atoms with E-state index in [-0.39, 0.29) is 12.0 Å². The SMILES string of the molecule is O=C(O)Cc1ccc(Sc2ccc(C(=O)O)cc2I)cc1. The minimum absolute atomic E-state index is 0.00971. The molecule has 0 saturated heterocycles. The number of halogens is 1. The van der Waals surface area contributed by atoms with E-state index in [4.69, 9.17) is 10.2 Å². The lowest BCUT2D eigenvalue weighted by Gasteiger charge is -2.06. The van der Waals surface area contributed by atoms with Crippen molar-refractivity contribution in [3.05, 3.63) is 57.2 Å². The Labute approximate surface area is 139 Å². The average molecular weight is 414 g/mol. The quantitative estimate of drug-likeness (QED) is 0.729. The van der Waals surface area contributed by atoms with Crippen LogP contribution in [0.2, 0.25) is 0 Å². The Balaban J connectivity index is 2.14. The Kier molecular flexibility index (Phi) is 5.24. The van der Waals surface area contributed by atoms with Gasteiger partial charge < -0.3 is 10.2 Å². The zero-order valence-electron chi connectivity index (χ0n) is 10.7. The maximum Gasteiger partial charge on any atom is 0.335 e. The second kappa shape index (κ2) is 6.95. The molecule has 0 atom stereocenters. The summed E-state index contributed by atoms with van der Waals surface area (Å²) in [5.74, 6) is -1.79. The molecule has 0 aliphatic heterocycles. The van der Waals surface area contributed by atoms with Crippen molar-refractivity contribution in [3.8, 4) is 0 Å². The predicted molar refractivity (Wildman–Crippen MR) is 88.0 cm³/mol. The molecule has 0 heterocycles. The molecule has 0 aliphatic carbocycles. The van der Waals surface area contributed by atoms with E-state index >= 15 is 0 Å². The number of carboxylic acid groups (broad SMARTS) is 2. The number of rotatable bonds is 5. The van der Waals surface area contributed by atoms with Gasteiger partial charge in [0.25, 0.3) is 0 Å². The van der Waals surface area contributed by atoms with E-state index in [9.17, 15) is 9.59 Å². The normalized spacial score (nSPS) is 10.3. The van der Waals surface area contributed by atoms with Crippen LogP contribution in [-0.4, -0.2) is 22.2 Å². The number of hydrogen-bond acceptors (Lipinski definition) is 3. The molecule has 21 heavy (non-hydrogen) atoms. The number of aliphatic carboxylic acids is 1. The molecule has 0 fully saturated rings. The number of benzene rings is 2. The van der Waals surface area contributed by atoms with E-state index in [1.807, 2.05) is 12.1 Å². The summed E-state index contributed by atoms with van der Waals surface area (Å²) in [5.41, 5.74) is 1.02. The molecule has 2 aromatic carbocycles.